The molecular weight excluding hydrogens is 755 g/mol. The van der Waals surface area contributed by atoms with E-state index in [1.165, 1.54) is 141 Å². The molecule has 0 amide bonds. The van der Waals surface area contributed by atoms with Gasteiger partial charge in [0.2, 0.25) is 0 Å². The minimum atomic E-state index is -0.423. The first-order chi connectivity index (χ1) is 29.8. The van der Waals surface area contributed by atoms with E-state index in [9.17, 15) is 24.9 Å². The first kappa shape index (κ1) is 56.3. The van der Waals surface area contributed by atoms with Crippen LogP contribution in [0, 0.1) is 35.5 Å². The average molecular weight is 860 g/mol. The van der Waals surface area contributed by atoms with E-state index in [1.54, 1.807) is 0 Å². The third-order valence-electron chi connectivity index (χ3n) is 15.1. The lowest BCUT2D eigenvalue weighted by atomic mass is 9.67. The smallest absolute Gasteiger partial charge is 0.139 e. The molecule has 0 aromatic rings. The van der Waals surface area contributed by atoms with Crippen molar-refractivity contribution in [1.82, 2.24) is 4.90 Å². The number of Topliss-reactive ketones (excluding diaryl/α,β-unsaturated/α-hetero) is 2. The minimum absolute atomic E-state index is 0.121. The molecule has 6 heteroatoms. The van der Waals surface area contributed by atoms with Crippen LogP contribution in [0.15, 0.2) is 0 Å². The molecule has 0 bridgehead atoms. The third-order valence-corrected chi connectivity index (χ3v) is 15.1. The maximum Gasteiger partial charge on any atom is 0.139 e. The van der Waals surface area contributed by atoms with E-state index in [-0.39, 0.29) is 18.4 Å². The van der Waals surface area contributed by atoms with Crippen LogP contribution in [0.4, 0.5) is 0 Å². The molecule has 0 saturated heterocycles. The Bertz CT molecular complexity index is 948. The van der Waals surface area contributed by atoms with Crippen LogP contribution in [-0.2, 0) is 9.59 Å². The number of unbranched alkanes of at least 4 members (excludes halogenated alkanes) is 18. The monoisotopic (exact) mass is 860 g/mol. The molecule has 2 saturated carbocycles. The van der Waals surface area contributed by atoms with E-state index in [4.69, 9.17) is 0 Å². The molecule has 0 heterocycles. The third kappa shape index (κ3) is 26.7. The summed E-state index contributed by atoms with van der Waals surface area (Å²) in [4.78, 5) is 29.2. The fourth-order valence-corrected chi connectivity index (χ4v) is 10.9. The maximum atomic E-state index is 13.5. The normalized spacial score (nSPS) is 20.9. The van der Waals surface area contributed by atoms with Gasteiger partial charge < -0.3 is 15.3 Å². The van der Waals surface area contributed by atoms with Crippen LogP contribution in [0.5, 0.6) is 0 Å². The zero-order chi connectivity index (χ0) is 44.3. The number of ketones is 2. The van der Waals surface area contributed by atoms with Gasteiger partial charge in [0.25, 0.3) is 0 Å². The summed E-state index contributed by atoms with van der Waals surface area (Å²) in [5.74, 6) is 3.66. The molecule has 61 heavy (non-hydrogen) atoms. The molecule has 0 aromatic heterocycles. The quantitative estimate of drug-likeness (QED) is 0.0528. The number of carbonyl (C=O) groups excluding carboxylic acids is 2. The minimum Gasteiger partial charge on any atom is -0.396 e. The number of aliphatic hydroxyl groups excluding tert-OH is 3. The Morgan fingerprint density at radius 3 is 1.10 bits per heavy atom. The number of rotatable bonds is 45. The zero-order valence-electron chi connectivity index (χ0n) is 41.2. The van der Waals surface area contributed by atoms with Crippen LogP contribution in [-0.4, -0.2) is 70.2 Å². The van der Waals surface area contributed by atoms with E-state index in [2.05, 4.69) is 32.6 Å². The molecule has 4 unspecified atom stereocenters. The van der Waals surface area contributed by atoms with Crippen LogP contribution in [0.2, 0.25) is 0 Å². The molecule has 2 aliphatic rings. The van der Waals surface area contributed by atoms with Crippen molar-refractivity contribution in [2.24, 2.45) is 35.5 Å². The molecule has 4 atom stereocenters. The Hall–Kier alpha value is -0.820. The van der Waals surface area contributed by atoms with Crippen molar-refractivity contribution in [2.45, 2.75) is 277 Å². The fourth-order valence-electron chi connectivity index (χ4n) is 10.9. The molecule has 2 rings (SSSR count). The average Bonchev–Trinajstić information content (AvgIpc) is 3.21. The summed E-state index contributed by atoms with van der Waals surface area (Å²) in [5.41, 5.74) is 0. The van der Waals surface area contributed by atoms with Gasteiger partial charge in [0.1, 0.15) is 11.6 Å². The highest BCUT2D eigenvalue weighted by Crippen LogP contribution is 2.42. The standard InChI is InChI=1S/C55H105NO5/c1-5-9-13-17-19-23-34-48(32-21-15-11-7-3)54(60)50-40-46(41-50)30-25-27-36-52(58)44-56(38-29-39-57)45-53(59)37-28-26-31-47-42-51(43-47)55(61)49(33-22-16-12-8-4)35-24-20-18-14-10-6-2/h46-53,57-59H,5-45H2,1-4H3. The molecule has 0 spiro atoms. The van der Waals surface area contributed by atoms with Crippen LogP contribution in [0.3, 0.4) is 0 Å². The Kier molecular flexibility index (Phi) is 34.5. The number of hydrogen-bond donors (Lipinski definition) is 3. The second kappa shape index (κ2) is 37.4. The van der Waals surface area contributed by atoms with Gasteiger partial charge in [-0.25, -0.2) is 0 Å². The highest BCUT2D eigenvalue weighted by atomic mass is 16.3. The van der Waals surface area contributed by atoms with Crippen LogP contribution in [0.1, 0.15) is 265 Å². The Morgan fingerprint density at radius 1 is 0.443 bits per heavy atom. The second-order valence-electron chi connectivity index (χ2n) is 20.8. The predicted molar refractivity (Wildman–Crippen MR) is 260 cm³/mol. The second-order valence-corrected chi connectivity index (χ2v) is 20.8. The van der Waals surface area contributed by atoms with Gasteiger partial charge in [-0.3, -0.25) is 14.5 Å². The summed E-state index contributed by atoms with van der Waals surface area (Å²) < 4.78 is 0. The largest absolute Gasteiger partial charge is 0.396 e. The van der Waals surface area contributed by atoms with Gasteiger partial charge in [0.05, 0.1) is 12.2 Å². The number of nitrogens with zero attached hydrogens (tertiary/aromatic N) is 1. The summed E-state index contributed by atoms with van der Waals surface area (Å²) in [6, 6.07) is 0. The van der Waals surface area contributed by atoms with Crippen LogP contribution < -0.4 is 0 Å². The lowest BCUT2D eigenvalue weighted by Crippen LogP contribution is -2.39. The van der Waals surface area contributed by atoms with E-state index in [1.807, 2.05) is 0 Å². The summed E-state index contributed by atoms with van der Waals surface area (Å²) in [6.45, 7) is 11.0. The summed E-state index contributed by atoms with van der Waals surface area (Å²) in [7, 11) is 0. The van der Waals surface area contributed by atoms with Crippen molar-refractivity contribution in [2.75, 3.05) is 26.2 Å². The molecule has 2 fully saturated rings. The molecular formula is C55H105NO5. The Balaban J connectivity index is 1.62. The van der Waals surface area contributed by atoms with Gasteiger partial charge in [0.15, 0.2) is 0 Å². The SMILES string of the molecule is CCCCCCCCC(CCCCCC)C(=O)C1CC(CCCCC(O)CN(CCCO)CC(O)CCCCC2CC(C(=O)C(CCCCCC)CCCCCCCC)C2)C1. The van der Waals surface area contributed by atoms with Crippen molar-refractivity contribution in [3.05, 3.63) is 0 Å². The predicted octanol–water partition coefficient (Wildman–Crippen LogP) is 14.4. The molecule has 360 valence electrons. The number of carbonyl (C=O) groups is 2. The van der Waals surface area contributed by atoms with Crippen molar-refractivity contribution in [3.63, 3.8) is 0 Å². The first-order valence-electron chi connectivity index (χ1n) is 27.5. The van der Waals surface area contributed by atoms with Crippen LogP contribution >= 0.6 is 0 Å². The molecule has 6 nitrogen and oxygen atoms in total. The maximum absolute atomic E-state index is 13.5. The first-order valence-corrected chi connectivity index (χ1v) is 27.5. The molecule has 0 aromatic carbocycles. The Labute approximate surface area is 379 Å². The summed E-state index contributed by atoms with van der Waals surface area (Å²) >= 11 is 0. The number of aliphatic hydroxyl groups is 3. The van der Waals surface area contributed by atoms with Gasteiger partial charge in [-0.1, -0.05) is 195 Å². The van der Waals surface area contributed by atoms with E-state index < -0.39 is 12.2 Å². The van der Waals surface area contributed by atoms with E-state index >= 15 is 0 Å². The Morgan fingerprint density at radius 2 is 0.754 bits per heavy atom. The fraction of sp³-hybridized carbons (Fsp3) is 0.964. The van der Waals surface area contributed by atoms with Crippen molar-refractivity contribution >= 4 is 11.6 Å². The zero-order valence-corrected chi connectivity index (χ0v) is 41.2. The van der Waals surface area contributed by atoms with E-state index in [0.29, 0.717) is 61.3 Å². The summed E-state index contributed by atoms with van der Waals surface area (Å²) in [6.07, 6.45) is 42.2. The lowest BCUT2D eigenvalue weighted by molar-refractivity contribution is -0.132. The van der Waals surface area contributed by atoms with E-state index in [0.717, 1.165) is 89.9 Å². The van der Waals surface area contributed by atoms with Gasteiger partial charge in [-0.2, -0.15) is 0 Å². The van der Waals surface area contributed by atoms with Gasteiger partial charge in [-0.15, -0.1) is 0 Å². The van der Waals surface area contributed by atoms with Gasteiger partial charge in [0, 0.05) is 49.9 Å². The highest BCUT2D eigenvalue weighted by molar-refractivity contribution is 5.84. The van der Waals surface area contributed by atoms with Crippen molar-refractivity contribution in [1.29, 1.82) is 0 Å². The van der Waals surface area contributed by atoms with Gasteiger partial charge >= 0.3 is 0 Å². The summed E-state index contributed by atoms with van der Waals surface area (Å²) in [5, 5.41) is 31.5. The molecule has 3 N–H and O–H groups in total. The molecule has 0 radical (unpaired) electrons. The highest BCUT2D eigenvalue weighted by Gasteiger charge is 2.38. The van der Waals surface area contributed by atoms with Gasteiger partial charge in [-0.05, 0) is 82.5 Å². The molecule has 2 aliphatic carbocycles. The topological polar surface area (TPSA) is 98.1 Å². The van der Waals surface area contributed by atoms with Crippen molar-refractivity contribution in [3.8, 4) is 0 Å². The molecule has 0 aliphatic heterocycles. The van der Waals surface area contributed by atoms with Crippen molar-refractivity contribution < 1.29 is 24.9 Å². The van der Waals surface area contributed by atoms with Crippen LogP contribution in [0.25, 0.3) is 0 Å². The lowest BCUT2D eigenvalue weighted by Gasteiger charge is -2.36. The number of hydrogen-bond acceptors (Lipinski definition) is 6.